The highest BCUT2D eigenvalue weighted by Crippen LogP contribution is 2.44. The van der Waals surface area contributed by atoms with Crippen LogP contribution in [-0.2, 0) is 16.4 Å². The van der Waals surface area contributed by atoms with Crippen LogP contribution in [-0.4, -0.2) is 43.4 Å². The van der Waals surface area contributed by atoms with Gasteiger partial charge in [-0.1, -0.05) is 6.07 Å². The van der Waals surface area contributed by atoms with Crippen molar-refractivity contribution in [2.24, 2.45) is 0 Å². The van der Waals surface area contributed by atoms with E-state index in [1.54, 1.807) is 17.4 Å². The summed E-state index contributed by atoms with van der Waals surface area (Å²) >= 11 is 1.54. The molecule has 0 radical (unpaired) electrons. The number of fused-ring (bicyclic) bond motifs is 3. The maximum atomic E-state index is 12.9. The van der Waals surface area contributed by atoms with Crippen molar-refractivity contribution in [3.05, 3.63) is 50.9 Å². The predicted octanol–water partition coefficient (Wildman–Crippen LogP) is 3.01. The summed E-state index contributed by atoms with van der Waals surface area (Å²) in [6.45, 7) is 2.74. The summed E-state index contributed by atoms with van der Waals surface area (Å²) in [6.07, 6.45) is 2.38. The summed E-state index contributed by atoms with van der Waals surface area (Å²) in [5.41, 5.74) is 2.22. The minimum Gasteiger partial charge on any atom is -0.478 e. The maximum Gasteiger partial charge on any atom is 0.232 e. The molecular formula is C20H19NO5S2. The number of sulfone groups is 1. The molecule has 0 bridgehead atoms. The Morgan fingerprint density at radius 3 is 2.93 bits per heavy atom. The Hall–Kier alpha value is -2.16. The molecule has 4 heterocycles. The maximum absolute atomic E-state index is 12.9. The van der Waals surface area contributed by atoms with Gasteiger partial charge in [-0.25, -0.2) is 8.42 Å². The predicted molar refractivity (Wildman–Crippen MR) is 107 cm³/mol. The number of hydrogen-bond donors (Lipinski definition) is 0. The van der Waals surface area contributed by atoms with E-state index in [0.29, 0.717) is 42.5 Å². The third-order valence-corrected chi connectivity index (χ3v) is 8.06. The highest BCUT2D eigenvalue weighted by Gasteiger charge is 2.39. The van der Waals surface area contributed by atoms with E-state index >= 15 is 0 Å². The SMILES string of the molecule is Cc1cc2c(c3c1C(=O)/C(=C/c1cccs1)O3)CN(C1CCS(=O)(=O)C1)CO2. The summed E-state index contributed by atoms with van der Waals surface area (Å²) in [5.74, 6) is 1.82. The van der Waals surface area contributed by atoms with E-state index in [0.717, 1.165) is 16.0 Å². The van der Waals surface area contributed by atoms with Crippen molar-refractivity contribution >= 4 is 33.0 Å². The Bertz CT molecular complexity index is 1100. The van der Waals surface area contributed by atoms with Crippen molar-refractivity contribution < 1.29 is 22.7 Å². The molecule has 1 fully saturated rings. The molecule has 146 valence electrons. The number of Topliss-reactive ketones (excluding diaryl/α,β-unsaturated/α-hetero) is 1. The molecule has 8 heteroatoms. The van der Waals surface area contributed by atoms with E-state index in [1.807, 2.05) is 35.4 Å². The summed E-state index contributed by atoms with van der Waals surface area (Å²) in [4.78, 5) is 15.9. The van der Waals surface area contributed by atoms with Crippen LogP contribution in [0.3, 0.4) is 0 Å². The first-order valence-corrected chi connectivity index (χ1v) is 11.8. The minimum atomic E-state index is -2.98. The third-order valence-electron chi connectivity index (χ3n) is 5.49. The Balaban J connectivity index is 1.50. The average Bonchev–Trinajstić information content (AvgIpc) is 3.36. The van der Waals surface area contributed by atoms with Gasteiger partial charge in [-0.15, -0.1) is 11.3 Å². The van der Waals surface area contributed by atoms with Gasteiger partial charge in [-0.05, 0) is 36.4 Å². The molecule has 2 aromatic rings. The lowest BCUT2D eigenvalue weighted by Crippen LogP contribution is -2.41. The fraction of sp³-hybridized carbons (Fsp3) is 0.350. The third kappa shape index (κ3) is 2.96. The molecule has 0 N–H and O–H groups in total. The number of carbonyl (C=O) groups excluding carboxylic acids is 1. The second-order valence-electron chi connectivity index (χ2n) is 7.41. The fourth-order valence-corrected chi connectivity index (χ4v) is 6.46. The summed E-state index contributed by atoms with van der Waals surface area (Å²) in [7, 11) is -2.98. The number of allylic oxidation sites excluding steroid dienone is 1. The zero-order valence-electron chi connectivity index (χ0n) is 15.3. The topological polar surface area (TPSA) is 72.9 Å². The molecule has 28 heavy (non-hydrogen) atoms. The number of ether oxygens (including phenoxy) is 2. The largest absolute Gasteiger partial charge is 0.478 e. The zero-order valence-corrected chi connectivity index (χ0v) is 16.9. The number of ketones is 1. The van der Waals surface area contributed by atoms with Crippen molar-refractivity contribution in [2.45, 2.75) is 25.9 Å². The van der Waals surface area contributed by atoms with Crippen molar-refractivity contribution in [3.8, 4) is 11.5 Å². The van der Waals surface area contributed by atoms with E-state index in [2.05, 4.69) is 0 Å². The Kier molecular flexibility index (Phi) is 4.12. The number of carbonyl (C=O) groups is 1. The average molecular weight is 418 g/mol. The van der Waals surface area contributed by atoms with Gasteiger partial charge in [0.2, 0.25) is 5.78 Å². The molecule has 6 nitrogen and oxygen atoms in total. The van der Waals surface area contributed by atoms with E-state index in [1.165, 1.54) is 0 Å². The Morgan fingerprint density at radius 1 is 1.36 bits per heavy atom. The lowest BCUT2D eigenvalue weighted by Gasteiger charge is -2.33. The molecule has 1 unspecified atom stereocenters. The number of aryl methyl sites for hydroxylation is 1. The molecule has 0 amide bonds. The second kappa shape index (κ2) is 6.43. The molecular weight excluding hydrogens is 398 g/mol. The van der Waals surface area contributed by atoms with Crippen LogP contribution < -0.4 is 9.47 Å². The summed E-state index contributed by atoms with van der Waals surface area (Å²) in [5, 5.41) is 1.95. The van der Waals surface area contributed by atoms with Crippen molar-refractivity contribution in [1.82, 2.24) is 4.90 Å². The Labute approximate surface area is 167 Å². The molecule has 3 aliphatic rings. The van der Waals surface area contributed by atoms with Gasteiger partial charge >= 0.3 is 0 Å². The van der Waals surface area contributed by atoms with Gasteiger partial charge < -0.3 is 9.47 Å². The van der Waals surface area contributed by atoms with Crippen LogP contribution in [0, 0.1) is 6.92 Å². The van der Waals surface area contributed by atoms with E-state index < -0.39 is 9.84 Å². The quantitative estimate of drug-likeness (QED) is 0.700. The first-order valence-electron chi connectivity index (χ1n) is 9.13. The molecule has 3 aliphatic heterocycles. The highest BCUT2D eigenvalue weighted by atomic mass is 32.2. The lowest BCUT2D eigenvalue weighted by molar-refractivity contribution is 0.0633. The van der Waals surface area contributed by atoms with Gasteiger partial charge in [0.05, 0.1) is 22.6 Å². The normalized spacial score (nSPS) is 24.7. The van der Waals surface area contributed by atoms with Crippen LogP contribution in [0.2, 0.25) is 0 Å². The van der Waals surface area contributed by atoms with Crippen LogP contribution in [0.5, 0.6) is 11.5 Å². The summed E-state index contributed by atoms with van der Waals surface area (Å²) in [6, 6.07) is 5.68. The van der Waals surface area contributed by atoms with Gasteiger partial charge in [0.1, 0.15) is 18.2 Å². The molecule has 1 aromatic heterocycles. The van der Waals surface area contributed by atoms with Crippen molar-refractivity contribution in [1.29, 1.82) is 0 Å². The van der Waals surface area contributed by atoms with Crippen LogP contribution in [0.1, 0.15) is 32.8 Å². The molecule has 0 aliphatic carbocycles. The molecule has 0 saturated carbocycles. The molecule has 1 atom stereocenters. The number of rotatable bonds is 2. The molecule has 0 spiro atoms. The van der Waals surface area contributed by atoms with Crippen molar-refractivity contribution in [3.63, 3.8) is 0 Å². The number of nitrogens with zero attached hydrogens (tertiary/aromatic N) is 1. The van der Waals surface area contributed by atoms with E-state index in [9.17, 15) is 13.2 Å². The van der Waals surface area contributed by atoms with Crippen LogP contribution in [0.15, 0.2) is 29.3 Å². The van der Waals surface area contributed by atoms with Gasteiger partial charge in [0.15, 0.2) is 15.6 Å². The first-order chi connectivity index (χ1) is 13.4. The Morgan fingerprint density at radius 2 is 2.21 bits per heavy atom. The van der Waals surface area contributed by atoms with Crippen LogP contribution in [0.4, 0.5) is 0 Å². The highest BCUT2D eigenvalue weighted by molar-refractivity contribution is 7.91. The van der Waals surface area contributed by atoms with Gasteiger partial charge in [-0.3, -0.25) is 9.69 Å². The van der Waals surface area contributed by atoms with Crippen LogP contribution >= 0.6 is 11.3 Å². The summed E-state index contributed by atoms with van der Waals surface area (Å²) < 4.78 is 35.6. The van der Waals surface area contributed by atoms with Crippen LogP contribution in [0.25, 0.3) is 6.08 Å². The molecule has 1 aromatic carbocycles. The number of benzene rings is 1. The van der Waals surface area contributed by atoms with Gasteiger partial charge in [-0.2, -0.15) is 0 Å². The molecule has 1 saturated heterocycles. The number of thiophene rings is 1. The first kappa shape index (κ1) is 17.9. The zero-order chi connectivity index (χ0) is 19.5. The van der Waals surface area contributed by atoms with Gasteiger partial charge in [0.25, 0.3) is 0 Å². The minimum absolute atomic E-state index is 0.0617. The number of hydrogen-bond acceptors (Lipinski definition) is 7. The van der Waals surface area contributed by atoms with Crippen molar-refractivity contribution in [2.75, 3.05) is 18.2 Å². The smallest absolute Gasteiger partial charge is 0.232 e. The van der Waals surface area contributed by atoms with Gasteiger partial charge in [0, 0.05) is 23.5 Å². The fourth-order valence-electron chi connectivity index (χ4n) is 4.05. The lowest BCUT2D eigenvalue weighted by atomic mass is 9.98. The second-order valence-corrected chi connectivity index (χ2v) is 10.6. The standard InChI is InChI=1S/C20H19NO5S2/c1-12-7-16-15(9-21(11-25-16)13-4-6-28(23,24)10-13)20-18(12)19(22)17(26-20)8-14-3-2-5-27-14/h2-3,5,7-8,13H,4,6,9-11H2,1H3/b17-8-. The van der Waals surface area contributed by atoms with E-state index in [4.69, 9.17) is 9.47 Å². The molecule has 5 rings (SSSR count). The monoisotopic (exact) mass is 417 g/mol. The van der Waals surface area contributed by atoms with E-state index in [-0.39, 0.29) is 23.3 Å².